The van der Waals surface area contributed by atoms with Gasteiger partial charge in [-0.1, -0.05) is 23.7 Å². The van der Waals surface area contributed by atoms with Crippen molar-refractivity contribution in [2.24, 2.45) is 0 Å². The van der Waals surface area contributed by atoms with E-state index in [0.717, 1.165) is 6.26 Å². The highest BCUT2D eigenvalue weighted by molar-refractivity contribution is 7.90. The number of aromatic nitrogens is 1. The van der Waals surface area contributed by atoms with E-state index in [9.17, 15) is 13.2 Å². The highest BCUT2D eigenvalue weighted by atomic mass is 35.5. The molecule has 0 aliphatic carbocycles. The van der Waals surface area contributed by atoms with E-state index in [4.69, 9.17) is 20.8 Å². The molecule has 0 saturated heterocycles. The highest BCUT2D eigenvalue weighted by Gasteiger charge is 2.17. The molecule has 0 amide bonds. The number of oxazole rings is 1. The molecule has 8 heteroatoms. The average Bonchev–Trinajstić information content (AvgIpc) is 2.94. The van der Waals surface area contributed by atoms with E-state index in [1.54, 1.807) is 18.2 Å². The monoisotopic (exact) mass is 365 g/mol. The Balaban J connectivity index is 1.79. The van der Waals surface area contributed by atoms with Crippen LogP contribution in [0.25, 0.3) is 11.1 Å². The summed E-state index contributed by atoms with van der Waals surface area (Å²) < 4.78 is 33.7. The molecule has 0 radical (unpaired) electrons. The molecule has 1 aromatic heterocycles. The molecule has 0 fully saturated rings. The number of hydrogen-bond donors (Lipinski definition) is 0. The molecule has 0 unspecified atom stereocenters. The third kappa shape index (κ3) is 3.42. The van der Waals surface area contributed by atoms with Crippen LogP contribution in [0.2, 0.25) is 5.02 Å². The summed E-state index contributed by atoms with van der Waals surface area (Å²) in [5.74, 6) is -0.521. The molecule has 0 bridgehead atoms. The molecule has 0 aliphatic rings. The molecule has 124 valence electrons. The summed E-state index contributed by atoms with van der Waals surface area (Å²) in [7, 11) is -3.46. The predicted octanol–water partition coefficient (Wildman–Crippen LogP) is 3.24. The molecule has 0 aliphatic heterocycles. The molecular formula is C16H12ClNO5S. The first-order valence-corrected chi connectivity index (χ1v) is 9.13. The third-order valence-electron chi connectivity index (χ3n) is 3.25. The lowest BCUT2D eigenvalue weighted by Gasteiger charge is -2.06. The van der Waals surface area contributed by atoms with Gasteiger partial charge in [0, 0.05) is 6.26 Å². The van der Waals surface area contributed by atoms with Gasteiger partial charge in [-0.3, -0.25) is 0 Å². The summed E-state index contributed by atoms with van der Waals surface area (Å²) in [6, 6.07) is 11.0. The zero-order valence-corrected chi connectivity index (χ0v) is 14.1. The Hall–Kier alpha value is -2.38. The van der Waals surface area contributed by atoms with Gasteiger partial charge in [-0.25, -0.2) is 18.2 Å². The molecular weight excluding hydrogens is 354 g/mol. The van der Waals surface area contributed by atoms with E-state index < -0.39 is 15.8 Å². The van der Waals surface area contributed by atoms with Gasteiger partial charge in [-0.15, -0.1) is 0 Å². The van der Waals surface area contributed by atoms with Crippen LogP contribution in [0.5, 0.6) is 0 Å². The van der Waals surface area contributed by atoms with Crippen molar-refractivity contribution in [3.63, 3.8) is 0 Å². The Morgan fingerprint density at radius 2 is 2.00 bits per heavy atom. The quantitative estimate of drug-likeness (QED) is 0.660. The average molecular weight is 366 g/mol. The maximum Gasteiger partial charge on any atom is 0.340 e. The van der Waals surface area contributed by atoms with Crippen LogP contribution in [0.15, 0.2) is 51.8 Å². The van der Waals surface area contributed by atoms with Crippen molar-refractivity contribution in [2.75, 3.05) is 6.26 Å². The SMILES string of the molecule is CS(=O)(=O)c1ccc(Cl)c(C(=O)OCc2nc3ccccc3o2)c1. The van der Waals surface area contributed by atoms with Crippen molar-refractivity contribution in [3.8, 4) is 0 Å². The summed E-state index contributed by atoms with van der Waals surface area (Å²) in [6.45, 7) is -0.188. The number of rotatable bonds is 4. The van der Waals surface area contributed by atoms with Crippen molar-refractivity contribution < 1.29 is 22.4 Å². The fourth-order valence-electron chi connectivity index (χ4n) is 2.08. The molecule has 0 N–H and O–H groups in total. The van der Waals surface area contributed by atoms with Crippen molar-refractivity contribution >= 4 is 38.5 Å². The molecule has 6 nitrogen and oxygen atoms in total. The number of halogens is 1. The van der Waals surface area contributed by atoms with Crippen LogP contribution in [0.4, 0.5) is 0 Å². The molecule has 1 heterocycles. The Morgan fingerprint density at radius 1 is 1.25 bits per heavy atom. The van der Waals surface area contributed by atoms with Crippen molar-refractivity contribution in [3.05, 3.63) is 58.9 Å². The second kappa shape index (κ2) is 6.26. The van der Waals surface area contributed by atoms with Crippen molar-refractivity contribution in [2.45, 2.75) is 11.5 Å². The van der Waals surface area contributed by atoms with Gasteiger partial charge in [-0.2, -0.15) is 0 Å². The van der Waals surface area contributed by atoms with Crippen LogP contribution in [0, 0.1) is 0 Å². The van der Waals surface area contributed by atoms with E-state index in [2.05, 4.69) is 4.98 Å². The maximum atomic E-state index is 12.2. The number of para-hydroxylation sites is 2. The second-order valence-corrected chi connectivity index (χ2v) is 7.49. The van der Waals surface area contributed by atoms with Crippen molar-refractivity contribution in [1.82, 2.24) is 4.98 Å². The normalized spacial score (nSPS) is 11.6. The molecule has 0 spiro atoms. The minimum absolute atomic E-state index is 0.0132. The van der Waals surface area contributed by atoms with E-state index >= 15 is 0 Å². The fraction of sp³-hybridized carbons (Fsp3) is 0.125. The zero-order chi connectivity index (χ0) is 17.3. The van der Waals surface area contributed by atoms with Gasteiger partial charge in [0.1, 0.15) is 5.52 Å². The first-order chi connectivity index (χ1) is 11.3. The Bertz CT molecular complexity index is 993. The van der Waals surface area contributed by atoms with E-state index in [1.165, 1.54) is 18.2 Å². The standard InChI is InChI=1S/C16H12ClNO5S/c1-24(20,21)10-6-7-12(17)11(8-10)16(19)22-9-15-18-13-4-2-3-5-14(13)23-15/h2-8H,9H2,1H3. The van der Waals surface area contributed by atoms with Gasteiger partial charge in [0.05, 0.1) is 15.5 Å². The lowest BCUT2D eigenvalue weighted by atomic mass is 10.2. The molecule has 3 aromatic rings. The number of carbonyl (C=O) groups excluding carboxylic acids is 1. The second-order valence-electron chi connectivity index (χ2n) is 5.07. The number of nitrogens with zero attached hydrogens (tertiary/aromatic N) is 1. The minimum Gasteiger partial charge on any atom is -0.452 e. The Kier molecular flexibility index (Phi) is 4.29. The van der Waals surface area contributed by atoms with E-state index in [1.807, 2.05) is 6.07 Å². The number of carbonyl (C=O) groups is 1. The molecule has 0 atom stereocenters. The third-order valence-corrected chi connectivity index (χ3v) is 4.69. The highest BCUT2D eigenvalue weighted by Crippen LogP contribution is 2.22. The number of hydrogen-bond acceptors (Lipinski definition) is 6. The van der Waals surface area contributed by atoms with Crippen LogP contribution in [-0.4, -0.2) is 25.6 Å². The summed E-state index contributed by atoms with van der Waals surface area (Å²) in [6.07, 6.45) is 1.05. The van der Waals surface area contributed by atoms with Gasteiger partial charge in [0.2, 0.25) is 5.89 Å². The summed E-state index contributed by atoms with van der Waals surface area (Å²) in [5, 5.41) is 0.102. The van der Waals surface area contributed by atoms with Gasteiger partial charge in [0.15, 0.2) is 22.0 Å². The number of ether oxygens (including phenoxy) is 1. The first-order valence-electron chi connectivity index (χ1n) is 6.86. The lowest BCUT2D eigenvalue weighted by molar-refractivity contribution is 0.0440. The van der Waals surface area contributed by atoms with Crippen LogP contribution in [-0.2, 0) is 21.2 Å². The van der Waals surface area contributed by atoms with Crippen LogP contribution in [0.1, 0.15) is 16.2 Å². The topological polar surface area (TPSA) is 86.5 Å². The van der Waals surface area contributed by atoms with Crippen LogP contribution >= 0.6 is 11.6 Å². The van der Waals surface area contributed by atoms with Gasteiger partial charge in [-0.05, 0) is 30.3 Å². The van der Waals surface area contributed by atoms with Gasteiger partial charge in [0.25, 0.3) is 0 Å². The minimum atomic E-state index is -3.46. The zero-order valence-electron chi connectivity index (χ0n) is 12.5. The number of fused-ring (bicyclic) bond motifs is 1. The molecule has 3 rings (SSSR count). The molecule has 0 saturated carbocycles. The predicted molar refractivity (Wildman–Crippen MR) is 87.7 cm³/mol. The van der Waals surface area contributed by atoms with Crippen LogP contribution < -0.4 is 0 Å². The van der Waals surface area contributed by atoms with E-state index in [0.29, 0.717) is 11.1 Å². The summed E-state index contributed by atoms with van der Waals surface area (Å²) >= 11 is 5.95. The van der Waals surface area contributed by atoms with Gasteiger partial charge < -0.3 is 9.15 Å². The fourth-order valence-corrected chi connectivity index (χ4v) is 2.92. The number of benzene rings is 2. The summed E-state index contributed by atoms with van der Waals surface area (Å²) in [4.78, 5) is 16.3. The van der Waals surface area contributed by atoms with Gasteiger partial charge >= 0.3 is 5.97 Å². The molecule has 2 aromatic carbocycles. The number of esters is 1. The number of sulfone groups is 1. The smallest absolute Gasteiger partial charge is 0.340 e. The lowest BCUT2D eigenvalue weighted by Crippen LogP contribution is -2.08. The summed E-state index contributed by atoms with van der Waals surface area (Å²) in [5.41, 5.74) is 1.21. The van der Waals surface area contributed by atoms with Crippen molar-refractivity contribution in [1.29, 1.82) is 0 Å². The Labute approximate surface area is 142 Å². The maximum absolute atomic E-state index is 12.2. The first kappa shape index (κ1) is 16.5. The molecule has 24 heavy (non-hydrogen) atoms. The van der Waals surface area contributed by atoms with Crippen LogP contribution in [0.3, 0.4) is 0 Å². The Morgan fingerprint density at radius 3 is 2.71 bits per heavy atom. The van der Waals surface area contributed by atoms with E-state index in [-0.39, 0.29) is 28.0 Å². The largest absolute Gasteiger partial charge is 0.452 e.